The molecule has 11 nitrogen and oxygen atoms in total. The first-order valence-corrected chi connectivity index (χ1v) is 17.9. The normalized spacial score (nSPS) is 15.6. The second-order valence-corrected chi connectivity index (χ2v) is 14.5. The van der Waals surface area contributed by atoms with E-state index in [1.165, 1.54) is 15.6 Å². The molecule has 1 saturated heterocycles. The third kappa shape index (κ3) is 9.31. The summed E-state index contributed by atoms with van der Waals surface area (Å²) in [6.45, 7) is 7.49. The van der Waals surface area contributed by atoms with Gasteiger partial charge in [0.2, 0.25) is 0 Å². The number of nitrogens with zero attached hydrogens (tertiary/aromatic N) is 3. The molecule has 1 fully saturated rings. The van der Waals surface area contributed by atoms with Crippen LogP contribution >= 0.6 is 22.7 Å². The standard InChI is InChI=1S/C28H34N4O5S3.C2HF3O2/c1-3-36-14-13-32(40(34,35)25-11-7-15-38-25)24-10-5-8-20-16-23(30-26(20)24)27-29-17-22(39-27)19-31-12-6-9-21(18-31)28(33)37-4-2;3-2(4,5)1(6)7/h5,7-8,10-11,15-17,21,30H,3-4,6,9,12-14,18-19H2,1-2H3;(H,6,7). The number of piperidine rings is 1. The van der Waals surface area contributed by atoms with E-state index < -0.39 is 22.2 Å². The molecule has 0 bridgehead atoms. The van der Waals surface area contributed by atoms with Crippen LogP contribution in [-0.2, 0) is 35.6 Å². The maximum absolute atomic E-state index is 13.6. The number of halogens is 3. The maximum atomic E-state index is 13.6. The van der Waals surface area contributed by atoms with Crippen molar-refractivity contribution in [2.45, 2.75) is 43.6 Å². The summed E-state index contributed by atoms with van der Waals surface area (Å²) in [6, 6.07) is 11.0. The minimum Gasteiger partial charge on any atom is -0.475 e. The number of fused-ring (bicyclic) bond motifs is 1. The van der Waals surface area contributed by atoms with E-state index in [9.17, 15) is 26.4 Å². The highest BCUT2D eigenvalue weighted by Gasteiger charge is 2.38. The number of H-pyrrole nitrogens is 1. The Morgan fingerprint density at radius 2 is 1.96 bits per heavy atom. The number of benzene rings is 1. The topological polar surface area (TPSA) is 142 Å². The number of sulfonamides is 1. The molecule has 0 aliphatic carbocycles. The third-order valence-electron chi connectivity index (χ3n) is 7.12. The molecule has 4 aromatic rings. The number of rotatable bonds is 12. The fraction of sp³-hybridized carbons (Fsp3) is 0.433. The summed E-state index contributed by atoms with van der Waals surface area (Å²) in [7, 11) is -3.76. The number of aromatic amines is 1. The van der Waals surface area contributed by atoms with Crippen LogP contribution in [0.3, 0.4) is 0 Å². The number of thiazole rings is 1. The lowest BCUT2D eigenvalue weighted by atomic mass is 9.98. The van der Waals surface area contributed by atoms with E-state index in [1.807, 2.05) is 44.3 Å². The monoisotopic (exact) mass is 716 g/mol. The highest BCUT2D eigenvalue weighted by molar-refractivity contribution is 7.94. The molecule has 5 rings (SSSR count). The molecule has 17 heteroatoms. The van der Waals surface area contributed by atoms with Gasteiger partial charge in [0.25, 0.3) is 10.0 Å². The van der Waals surface area contributed by atoms with Gasteiger partial charge in [0.15, 0.2) is 0 Å². The number of para-hydroxylation sites is 1. The molecular weight excluding hydrogens is 682 g/mol. The van der Waals surface area contributed by atoms with Crippen molar-refractivity contribution in [3.63, 3.8) is 0 Å². The molecule has 47 heavy (non-hydrogen) atoms. The van der Waals surface area contributed by atoms with Crippen LogP contribution in [0.5, 0.6) is 0 Å². The molecule has 1 atom stereocenters. The van der Waals surface area contributed by atoms with Gasteiger partial charge in [0.1, 0.15) is 9.22 Å². The minimum atomic E-state index is -5.08. The van der Waals surface area contributed by atoms with Gasteiger partial charge in [0.05, 0.1) is 42.6 Å². The fourth-order valence-corrected chi connectivity index (χ4v) is 8.51. The summed E-state index contributed by atoms with van der Waals surface area (Å²) in [5.74, 6) is -2.95. The van der Waals surface area contributed by atoms with Gasteiger partial charge in [0, 0.05) is 36.2 Å². The van der Waals surface area contributed by atoms with Crippen molar-refractivity contribution < 1.29 is 45.8 Å². The SMILES string of the molecule is CCOCCN(c1cccc2cc(-c3ncc(CN4CCCC(C(=O)OCC)C4)s3)[nH]c12)S(=O)(=O)c1cccs1.O=C(O)C(F)(F)F. The van der Waals surface area contributed by atoms with Crippen LogP contribution < -0.4 is 4.31 Å². The van der Waals surface area contributed by atoms with Crippen molar-refractivity contribution >= 4 is 61.2 Å². The number of aliphatic carboxylic acids is 1. The summed E-state index contributed by atoms with van der Waals surface area (Å²) in [4.78, 5) is 32.7. The second kappa shape index (κ2) is 16.1. The van der Waals surface area contributed by atoms with E-state index in [4.69, 9.17) is 19.4 Å². The van der Waals surface area contributed by atoms with Crippen molar-refractivity contribution in [3.8, 4) is 10.7 Å². The lowest BCUT2D eigenvalue weighted by Crippen LogP contribution is -2.38. The van der Waals surface area contributed by atoms with Gasteiger partial charge in [-0.3, -0.25) is 14.0 Å². The van der Waals surface area contributed by atoms with Crippen molar-refractivity contribution in [3.05, 3.63) is 52.9 Å². The summed E-state index contributed by atoms with van der Waals surface area (Å²) in [5, 5.41) is 10.6. The fourth-order valence-electron chi connectivity index (χ4n) is 5.02. The van der Waals surface area contributed by atoms with Crippen LogP contribution in [0.25, 0.3) is 21.6 Å². The van der Waals surface area contributed by atoms with Crippen LogP contribution in [0.4, 0.5) is 18.9 Å². The molecule has 1 unspecified atom stereocenters. The number of alkyl halides is 3. The Balaban J connectivity index is 0.000000644. The minimum absolute atomic E-state index is 0.0793. The predicted octanol–water partition coefficient (Wildman–Crippen LogP) is 5.99. The highest BCUT2D eigenvalue weighted by atomic mass is 32.2. The smallest absolute Gasteiger partial charge is 0.475 e. The molecule has 0 spiro atoms. The number of carboxylic acids is 1. The molecule has 4 heterocycles. The lowest BCUT2D eigenvalue weighted by molar-refractivity contribution is -0.192. The largest absolute Gasteiger partial charge is 0.490 e. The number of carboxylic acid groups (broad SMARTS) is 1. The molecule has 1 aromatic carbocycles. The van der Waals surface area contributed by atoms with Crippen molar-refractivity contribution in [1.82, 2.24) is 14.9 Å². The van der Waals surface area contributed by atoms with E-state index in [2.05, 4.69) is 14.9 Å². The van der Waals surface area contributed by atoms with Gasteiger partial charge < -0.3 is 19.6 Å². The Hall–Kier alpha value is -3.51. The zero-order valence-electron chi connectivity index (χ0n) is 25.7. The van der Waals surface area contributed by atoms with Crippen molar-refractivity contribution in [1.29, 1.82) is 0 Å². The number of nitrogens with one attached hydrogen (secondary N) is 1. The summed E-state index contributed by atoms with van der Waals surface area (Å²) < 4.78 is 71.5. The highest BCUT2D eigenvalue weighted by Crippen LogP contribution is 2.36. The zero-order chi connectivity index (χ0) is 34.2. The summed E-state index contributed by atoms with van der Waals surface area (Å²) in [5.41, 5.74) is 2.14. The number of likely N-dealkylation sites (tertiary alicyclic amines) is 1. The first-order valence-electron chi connectivity index (χ1n) is 14.7. The molecule has 3 aromatic heterocycles. The summed E-state index contributed by atoms with van der Waals surface area (Å²) in [6.07, 6.45) is -1.37. The molecule has 2 N–H and O–H groups in total. The first kappa shape index (κ1) is 36.3. The number of ether oxygens (including phenoxy) is 2. The van der Waals surface area contributed by atoms with E-state index in [-0.39, 0.29) is 25.0 Å². The predicted molar refractivity (Wildman–Crippen MR) is 173 cm³/mol. The number of esters is 1. The number of hydrogen-bond acceptors (Lipinski definition) is 10. The molecule has 1 aliphatic rings. The van der Waals surface area contributed by atoms with Gasteiger partial charge in [-0.05, 0) is 56.8 Å². The zero-order valence-corrected chi connectivity index (χ0v) is 28.1. The average molecular weight is 717 g/mol. The Bertz CT molecular complexity index is 1740. The lowest BCUT2D eigenvalue weighted by Gasteiger charge is -2.30. The number of thiophene rings is 1. The Morgan fingerprint density at radius 3 is 2.62 bits per heavy atom. The van der Waals surface area contributed by atoms with Crippen molar-refractivity contribution in [2.24, 2.45) is 5.92 Å². The Morgan fingerprint density at radius 1 is 1.19 bits per heavy atom. The maximum Gasteiger partial charge on any atom is 0.490 e. The third-order valence-corrected chi connectivity index (χ3v) is 11.3. The number of hydrogen-bond donors (Lipinski definition) is 2. The Labute approximate surface area is 278 Å². The van der Waals surface area contributed by atoms with E-state index in [0.29, 0.717) is 29.7 Å². The molecular formula is C30H35F3N4O7S3. The molecule has 0 amide bonds. The second-order valence-electron chi connectivity index (χ2n) is 10.4. The number of aromatic nitrogens is 2. The average Bonchev–Trinajstić information content (AvgIpc) is 3.81. The number of carbonyl (C=O) groups is 2. The molecule has 1 aliphatic heterocycles. The van der Waals surface area contributed by atoms with Crippen LogP contribution in [0.2, 0.25) is 0 Å². The van der Waals surface area contributed by atoms with Gasteiger partial charge in [-0.25, -0.2) is 18.2 Å². The summed E-state index contributed by atoms with van der Waals surface area (Å²) >= 11 is 2.80. The van der Waals surface area contributed by atoms with Crippen LogP contribution in [0.15, 0.2) is 52.2 Å². The van der Waals surface area contributed by atoms with Gasteiger partial charge in [-0.1, -0.05) is 18.2 Å². The molecule has 0 saturated carbocycles. The quantitative estimate of drug-likeness (QED) is 0.134. The first-order chi connectivity index (χ1) is 22.3. The van der Waals surface area contributed by atoms with Gasteiger partial charge in [-0.15, -0.1) is 22.7 Å². The number of anilines is 1. The van der Waals surface area contributed by atoms with Crippen LogP contribution in [0.1, 0.15) is 31.6 Å². The van der Waals surface area contributed by atoms with Crippen LogP contribution in [0, 0.1) is 5.92 Å². The van der Waals surface area contributed by atoms with E-state index >= 15 is 0 Å². The van der Waals surface area contributed by atoms with Crippen molar-refractivity contribution in [2.75, 3.05) is 43.8 Å². The van der Waals surface area contributed by atoms with Gasteiger partial charge >= 0.3 is 18.1 Å². The van der Waals surface area contributed by atoms with Crippen LogP contribution in [-0.4, -0.2) is 86.0 Å². The van der Waals surface area contributed by atoms with E-state index in [1.54, 1.807) is 28.8 Å². The molecule has 0 radical (unpaired) electrons. The Kier molecular flexibility index (Phi) is 12.4. The van der Waals surface area contributed by atoms with Gasteiger partial charge in [-0.2, -0.15) is 13.2 Å². The van der Waals surface area contributed by atoms with E-state index in [0.717, 1.165) is 52.4 Å². The number of carbonyl (C=O) groups excluding carboxylic acids is 1. The molecule has 256 valence electrons.